The molecule has 2 aromatic rings. The highest BCUT2D eigenvalue weighted by atomic mass is 35.5. The zero-order valence-electron chi connectivity index (χ0n) is 12.6. The van der Waals surface area contributed by atoms with Gasteiger partial charge in [0.15, 0.2) is 5.82 Å². The third kappa shape index (κ3) is 3.35. The van der Waals surface area contributed by atoms with Crippen LogP contribution in [0.4, 0.5) is 8.78 Å². The average molecular weight is 317 g/mol. The second-order valence-corrected chi connectivity index (χ2v) is 6.27. The highest BCUT2D eigenvalue weighted by Gasteiger charge is 2.25. The molecule has 1 aromatic carbocycles. The number of hydrogen-bond acceptors (Lipinski definition) is 2. The minimum absolute atomic E-state index is 0.131. The van der Waals surface area contributed by atoms with Crippen molar-refractivity contribution in [1.82, 2.24) is 9.55 Å². The Morgan fingerprint density at radius 1 is 1.38 bits per heavy atom. The van der Waals surface area contributed by atoms with Crippen molar-refractivity contribution in [3.05, 3.63) is 29.6 Å². The number of imidazole rings is 1. The Labute approximate surface area is 127 Å². The molecule has 0 fully saturated rings. The van der Waals surface area contributed by atoms with Crippen molar-refractivity contribution in [3.8, 4) is 0 Å². The summed E-state index contributed by atoms with van der Waals surface area (Å²) in [5.74, 6) is -0.815. The minimum Gasteiger partial charge on any atom is -0.374 e. The first-order valence-corrected chi connectivity index (χ1v) is 7.32. The third-order valence-electron chi connectivity index (χ3n) is 3.23. The van der Waals surface area contributed by atoms with Gasteiger partial charge in [0, 0.05) is 12.7 Å². The van der Waals surface area contributed by atoms with E-state index in [1.54, 1.807) is 11.5 Å². The van der Waals surface area contributed by atoms with Crippen molar-refractivity contribution < 1.29 is 13.5 Å². The molecule has 0 bridgehead atoms. The molecule has 3 nitrogen and oxygen atoms in total. The molecule has 1 heterocycles. The molecule has 0 saturated heterocycles. The van der Waals surface area contributed by atoms with Gasteiger partial charge in [0.05, 0.1) is 23.0 Å². The molecule has 0 spiro atoms. The van der Waals surface area contributed by atoms with Crippen LogP contribution in [0.25, 0.3) is 11.0 Å². The summed E-state index contributed by atoms with van der Waals surface area (Å²) >= 11 is 6.14. The Balaban J connectivity index is 2.61. The molecule has 0 aliphatic carbocycles. The van der Waals surface area contributed by atoms with E-state index < -0.39 is 22.6 Å². The quantitative estimate of drug-likeness (QED) is 0.763. The summed E-state index contributed by atoms with van der Waals surface area (Å²) < 4.78 is 34.8. The Bertz CT molecular complexity index is 653. The Morgan fingerprint density at radius 2 is 2.05 bits per heavy atom. The van der Waals surface area contributed by atoms with Crippen LogP contribution in [0.2, 0.25) is 0 Å². The van der Waals surface area contributed by atoms with Gasteiger partial charge in [-0.15, -0.1) is 11.6 Å². The van der Waals surface area contributed by atoms with Crippen molar-refractivity contribution in [2.75, 3.05) is 6.61 Å². The van der Waals surface area contributed by atoms with Crippen LogP contribution in [0.3, 0.4) is 0 Å². The van der Waals surface area contributed by atoms with Crippen LogP contribution in [0, 0.1) is 11.6 Å². The zero-order chi connectivity index (χ0) is 15.8. The van der Waals surface area contributed by atoms with Crippen molar-refractivity contribution in [2.45, 2.75) is 45.2 Å². The predicted octanol–water partition coefficient (Wildman–Crippen LogP) is 4.43. The second-order valence-electron chi connectivity index (χ2n) is 5.62. The molecule has 21 heavy (non-hydrogen) atoms. The molecule has 0 aliphatic heterocycles. The lowest BCUT2D eigenvalue weighted by atomic mass is 10.1. The van der Waals surface area contributed by atoms with Gasteiger partial charge in [0.1, 0.15) is 17.2 Å². The molecular weight excluding hydrogens is 298 g/mol. The molecule has 0 saturated carbocycles. The van der Waals surface area contributed by atoms with E-state index in [4.69, 9.17) is 16.3 Å². The Hall–Kier alpha value is -1.20. The van der Waals surface area contributed by atoms with Crippen molar-refractivity contribution >= 4 is 22.6 Å². The number of rotatable bonds is 5. The number of ether oxygens (including phenoxy) is 1. The summed E-state index contributed by atoms with van der Waals surface area (Å²) in [6.07, 6.45) is 0. The maximum absolute atomic E-state index is 13.9. The van der Waals surface area contributed by atoms with E-state index in [0.717, 1.165) is 6.07 Å². The van der Waals surface area contributed by atoms with E-state index in [2.05, 4.69) is 4.98 Å². The summed E-state index contributed by atoms with van der Waals surface area (Å²) in [6.45, 7) is 8.45. The second kappa shape index (κ2) is 5.89. The van der Waals surface area contributed by atoms with Gasteiger partial charge in [-0.2, -0.15) is 0 Å². The van der Waals surface area contributed by atoms with E-state index >= 15 is 0 Å². The maximum atomic E-state index is 13.9. The molecule has 1 unspecified atom stereocenters. The minimum atomic E-state index is -0.684. The van der Waals surface area contributed by atoms with Crippen LogP contribution in [0.5, 0.6) is 0 Å². The molecule has 116 valence electrons. The monoisotopic (exact) mass is 316 g/mol. The number of alkyl halides is 1. The predicted molar refractivity (Wildman–Crippen MR) is 79.6 cm³/mol. The maximum Gasteiger partial charge on any atom is 0.153 e. The van der Waals surface area contributed by atoms with Crippen LogP contribution < -0.4 is 0 Å². The van der Waals surface area contributed by atoms with Gasteiger partial charge in [-0.1, -0.05) is 0 Å². The van der Waals surface area contributed by atoms with Crippen LogP contribution in [-0.2, 0) is 11.3 Å². The lowest BCUT2D eigenvalue weighted by Crippen LogP contribution is -2.31. The number of aromatic nitrogens is 2. The average Bonchev–Trinajstić information content (AvgIpc) is 2.68. The first-order valence-electron chi connectivity index (χ1n) is 6.88. The van der Waals surface area contributed by atoms with E-state index in [1.807, 2.05) is 20.8 Å². The molecule has 1 atom stereocenters. The highest BCUT2D eigenvalue weighted by Crippen LogP contribution is 2.29. The highest BCUT2D eigenvalue weighted by molar-refractivity contribution is 6.20. The summed E-state index contributed by atoms with van der Waals surface area (Å²) in [6, 6.07) is 2.10. The number of fused-ring (bicyclic) bond motifs is 1. The van der Waals surface area contributed by atoms with E-state index in [-0.39, 0.29) is 5.52 Å². The van der Waals surface area contributed by atoms with Crippen molar-refractivity contribution in [1.29, 1.82) is 0 Å². The zero-order valence-corrected chi connectivity index (χ0v) is 13.3. The normalized spacial score (nSPS) is 13.9. The summed E-state index contributed by atoms with van der Waals surface area (Å²) in [7, 11) is 0. The molecule has 6 heteroatoms. The SMILES string of the molecule is CCOC(C)(C)Cn1c(C(C)Cl)nc2c(F)cc(F)cc21. The number of nitrogens with zero attached hydrogens (tertiary/aromatic N) is 2. The van der Waals surface area contributed by atoms with Gasteiger partial charge in [0.2, 0.25) is 0 Å². The molecule has 0 aliphatic rings. The topological polar surface area (TPSA) is 27.1 Å². The summed E-state index contributed by atoms with van der Waals surface area (Å²) in [4.78, 5) is 4.23. The van der Waals surface area contributed by atoms with E-state index in [1.165, 1.54) is 6.07 Å². The molecular formula is C15H19ClF2N2O. The van der Waals surface area contributed by atoms with Gasteiger partial charge in [-0.05, 0) is 33.8 Å². The molecule has 1 aromatic heterocycles. The fourth-order valence-corrected chi connectivity index (χ4v) is 2.62. The lowest BCUT2D eigenvalue weighted by Gasteiger charge is -2.26. The van der Waals surface area contributed by atoms with Gasteiger partial charge >= 0.3 is 0 Å². The fraction of sp³-hybridized carbons (Fsp3) is 0.533. The van der Waals surface area contributed by atoms with Crippen LogP contribution in [-0.4, -0.2) is 21.8 Å². The van der Waals surface area contributed by atoms with E-state index in [9.17, 15) is 8.78 Å². The summed E-state index contributed by atoms with van der Waals surface area (Å²) in [5.41, 5.74) is 0.0279. The van der Waals surface area contributed by atoms with Crippen LogP contribution in [0.1, 0.15) is 38.9 Å². The van der Waals surface area contributed by atoms with E-state index in [0.29, 0.717) is 24.5 Å². The fourth-order valence-electron chi connectivity index (χ4n) is 2.45. The van der Waals surface area contributed by atoms with Gasteiger partial charge in [-0.3, -0.25) is 0 Å². The van der Waals surface area contributed by atoms with Crippen LogP contribution in [0.15, 0.2) is 12.1 Å². The van der Waals surface area contributed by atoms with Crippen LogP contribution >= 0.6 is 11.6 Å². The Morgan fingerprint density at radius 3 is 2.62 bits per heavy atom. The first kappa shape index (κ1) is 16.2. The molecule has 0 radical (unpaired) electrons. The molecule has 0 amide bonds. The van der Waals surface area contributed by atoms with Gasteiger partial charge in [-0.25, -0.2) is 13.8 Å². The lowest BCUT2D eigenvalue weighted by molar-refractivity contribution is -0.0221. The standard InChI is InChI=1S/C15H19ClF2N2O/c1-5-21-15(3,4)8-20-12-7-10(17)6-11(18)13(12)19-14(20)9(2)16/h6-7,9H,5,8H2,1-4H3. The smallest absolute Gasteiger partial charge is 0.153 e. The Kier molecular flexibility index (Phi) is 4.54. The van der Waals surface area contributed by atoms with Gasteiger partial charge in [0.25, 0.3) is 0 Å². The summed E-state index contributed by atoms with van der Waals surface area (Å²) in [5, 5.41) is -0.419. The van der Waals surface area contributed by atoms with Crippen molar-refractivity contribution in [2.24, 2.45) is 0 Å². The van der Waals surface area contributed by atoms with Crippen molar-refractivity contribution in [3.63, 3.8) is 0 Å². The number of hydrogen-bond donors (Lipinski definition) is 0. The number of halogens is 3. The molecule has 2 rings (SSSR count). The largest absolute Gasteiger partial charge is 0.374 e. The van der Waals surface area contributed by atoms with Gasteiger partial charge < -0.3 is 9.30 Å². The first-order chi connectivity index (χ1) is 9.75. The number of benzene rings is 1. The molecule has 0 N–H and O–H groups in total. The third-order valence-corrected chi connectivity index (χ3v) is 3.43.